The second-order valence-corrected chi connectivity index (χ2v) is 6.50. The summed E-state index contributed by atoms with van der Waals surface area (Å²) in [7, 11) is 1.57. The van der Waals surface area contributed by atoms with Crippen molar-refractivity contribution in [2.24, 2.45) is 4.99 Å². The standard InChI is InChI=1S/C25H25N3O2/c1-4-7-19(5-2)18-30-23-12-9-20(10-13-23)17-27-25(28-29-3)22-11-14-24-21(16-22)8-6-15-26-24/h4-16H,1-2,17-18H2,3H3,(H,27,28)/b19-7+. The first-order valence-corrected chi connectivity index (χ1v) is 9.58. The first-order chi connectivity index (χ1) is 14.7. The molecule has 3 aromatic rings. The minimum Gasteiger partial charge on any atom is -0.489 e. The fraction of sp³-hybridized carbons (Fsp3) is 0.120. The third kappa shape index (κ3) is 5.65. The van der Waals surface area contributed by atoms with Gasteiger partial charge in [-0.05, 0) is 47.5 Å². The maximum atomic E-state index is 5.78. The van der Waals surface area contributed by atoms with Gasteiger partial charge in [0.1, 0.15) is 12.4 Å². The normalized spacial score (nSPS) is 11.9. The summed E-state index contributed by atoms with van der Waals surface area (Å²) in [5.41, 5.74) is 6.78. The largest absolute Gasteiger partial charge is 0.489 e. The van der Waals surface area contributed by atoms with Crippen LogP contribution in [0.25, 0.3) is 10.9 Å². The van der Waals surface area contributed by atoms with Crippen LogP contribution in [0.2, 0.25) is 0 Å². The summed E-state index contributed by atoms with van der Waals surface area (Å²) in [6, 6.07) is 17.8. The summed E-state index contributed by atoms with van der Waals surface area (Å²) in [4.78, 5) is 14.2. The fourth-order valence-corrected chi connectivity index (χ4v) is 2.86. The molecule has 0 fully saturated rings. The predicted molar refractivity (Wildman–Crippen MR) is 123 cm³/mol. The summed E-state index contributed by atoms with van der Waals surface area (Å²) in [5.74, 6) is 1.45. The van der Waals surface area contributed by atoms with Gasteiger partial charge < -0.3 is 4.74 Å². The molecule has 0 atom stereocenters. The number of hydrogen-bond acceptors (Lipinski definition) is 4. The number of amidine groups is 1. The van der Waals surface area contributed by atoms with Crippen LogP contribution in [0.5, 0.6) is 5.75 Å². The van der Waals surface area contributed by atoms with Gasteiger partial charge in [-0.2, -0.15) is 0 Å². The van der Waals surface area contributed by atoms with Crippen molar-refractivity contribution in [3.05, 3.63) is 109 Å². The first-order valence-electron chi connectivity index (χ1n) is 9.58. The van der Waals surface area contributed by atoms with Crippen molar-refractivity contribution < 1.29 is 9.57 Å². The fourth-order valence-electron chi connectivity index (χ4n) is 2.86. The Morgan fingerprint density at radius 3 is 2.70 bits per heavy atom. The lowest BCUT2D eigenvalue weighted by molar-refractivity contribution is 0.144. The van der Waals surface area contributed by atoms with Crippen LogP contribution in [0.15, 0.2) is 103 Å². The molecule has 0 unspecified atom stereocenters. The Morgan fingerprint density at radius 2 is 1.97 bits per heavy atom. The van der Waals surface area contributed by atoms with E-state index in [4.69, 9.17) is 9.57 Å². The zero-order valence-corrected chi connectivity index (χ0v) is 17.0. The van der Waals surface area contributed by atoms with Crippen LogP contribution < -0.4 is 10.2 Å². The Hall–Kier alpha value is -3.70. The van der Waals surface area contributed by atoms with Crippen LogP contribution in [0.4, 0.5) is 0 Å². The van der Waals surface area contributed by atoms with Gasteiger partial charge in [0, 0.05) is 17.1 Å². The number of aromatic nitrogens is 1. The number of hydrogen-bond donors (Lipinski definition) is 1. The van der Waals surface area contributed by atoms with Gasteiger partial charge in [-0.1, -0.05) is 49.6 Å². The molecule has 0 aliphatic carbocycles. The number of aliphatic imine (C=N–C) groups is 1. The molecular formula is C25H25N3O2. The minimum absolute atomic E-state index is 0.450. The second kappa shape index (κ2) is 10.7. The van der Waals surface area contributed by atoms with Gasteiger partial charge in [0.2, 0.25) is 0 Å². The number of nitrogens with zero attached hydrogens (tertiary/aromatic N) is 2. The summed E-state index contributed by atoms with van der Waals surface area (Å²) >= 11 is 0. The van der Waals surface area contributed by atoms with E-state index in [1.54, 1.807) is 25.5 Å². The van der Waals surface area contributed by atoms with Crippen LogP contribution in [-0.4, -0.2) is 24.5 Å². The van der Waals surface area contributed by atoms with E-state index in [-0.39, 0.29) is 0 Å². The average molecular weight is 399 g/mol. The quantitative estimate of drug-likeness (QED) is 0.238. The van der Waals surface area contributed by atoms with Crippen molar-refractivity contribution in [1.29, 1.82) is 0 Å². The van der Waals surface area contributed by atoms with Gasteiger partial charge in [0.15, 0.2) is 5.84 Å². The highest BCUT2D eigenvalue weighted by molar-refractivity contribution is 6.01. The number of allylic oxidation sites excluding steroid dienone is 2. The Kier molecular flexibility index (Phi) is 7.52. The molecule has 30 heavy (non-hydrogen) atoms. The lowest BCUT2D eigenvalue weighted by Gasteiger charge is -2.10. The molecule has 5 heteroatoms. The number of pyridine rings is 1. The van der Waals surface area contributed by atoms with E-state index in [0.29, 0.717) is 19.0 Å². The van der Waals surface area contributed by atoms with E-state index < -0.39 is 0 Å². The molecule has 0 spiro atoms. The molecule has 0 bridgehead atoms. The molecule has 0 saturated heterocycles. The highest BCUT2D eigenvalue weighted by Gasteiger charge is 2.05. The van der Waals surface area contributed by atoms with Crippen molar-refractivity contribution >= 4 is 16.7 Å². The zero-order valence-electron chi connectivity index (χ0n) is 17.0. The molecule has 1 N–H and O–H groups in total. The summed E-state index contributed by atoms with van der Waals surface area (Å²) < 4.78 is 5.78. The van der Waals surface area contributed by atoms with E-state index in [0.717, 1.165) is 33.4 Å². The minimum atomic E-state index is 0.450. The zero-order chi connectivity index (χ0) is 21.2. The maximum Gasteiger partial charge on any atom is 0.152 e. The number of fused-ring (bicyclic) bond motifs is 1. The highest BCUT2D eigenvalue weighted by Crippen LogP contribution is 2.16. The van der Waals surface area contributed by atoms with Crippen molar-refractivity contribution in [2.75, 3.05) is 13.7 Å². The third-order valence-corrected chi connectivity index (χ3v) is 4.42. The SMILES string of the molecule is C=C/C=C(\C=C)COc1ccc(CN=C(NOC)c2ccc3ncccc3c2)cc1. The van der Waals surface area contributed by atoms with Crippen molar-refractivity contribution in [2.45, 2.75) is 6.54 Å². The second-order valence-electron chi connectivity index (χ2n) is 6.50. The monoisotopic (exact) mass is 399 g/mol. The Labute approximate surface area is 177 Å². The number of nitrogens with one attached hydrogen (secondary N) is 1. The molecule has 0 saturated carbocycles. The molecule has 5 nitrogen and oxygen atoms in total. The van der Waals surface area contributed by atoms with Crippen LogP contribution in [0.3, 0.4) is 0 Å². The van der Waals surface area contributed by atoms with Crippen LogP contribution in [0, 0.1) is 0 Å². The van der Waals surface area contributed by atoms with Crippen molar-refractivity contribution in [1.82, 2.24) is 10.5 Å². The predicted octanol–water partition coefficient (Wildman–Crippen LogP) is 5.01. The van der Waals surface area contributed by atoms with Gasteiger partial charge in [-0.3, -0.25) is 14.8 Å². The van der Waals surface area contributed by atoms with Gasteiger partial charge in [0.05, 0.1) is 19.2 Å². The Bertz CT molecular complexity index is 1070. The van der Waals surface area contributed by atoms with E-state index in [9.17, 15) is 0 Å². The highest BCUT2D eigenvalue weighted by atomic mass is 16.6. The van der Waals surface area contributed by atoms with E-state index in [1.807, 2.05) is 60.7 Å². The maximum absolute atomic E-state index is 5.78. The first kappa shape index (κ1) is 21.0. The Morgan fingerprint density at radius 1 is 1.13 bits per heavy atom. The van der Waals surface area contributed by atoms with Gasteiger partial charge in [-0.25, -0.2) is 5.48 Å². The molecule has 0 aliphatic heterocycles. The molecule has 2 aromatic carbocycles. The number of hydroxylamine groups is 1. The average Bonchev–Trinajstić information content (AvgIpc) is 2.79. The summed E-state index contributed by atoms with van der Waals surface area (Å²) in [6.45, 7) is 8.42. The molecule has 1 aromatic heterocycles. The van der Waals surface area contributed by atoms with E-state index in [2.05, 4.69) is 28.6 Å². The molecule has 0 amide bonds. The number of ether oxygens (including phenoxy) is 1. The summed E-state index contributed by atoms with van der Waals surface area (Å²) in [6.07, 6.45) is 7.14. The molecule has 1 heterocycles. The lowest BCUT2D eigenvalue weighted by atomic mass is 10.1. The topological polar surface area (TPSA) is 55.7 Å². The van der Waals surface area contributed by atoms with Gasteiger partial charge in [0.25, 0.3) is 0 Å². The van der Waals surface area contributed by atoms with Crippen LogP contribution in [-0.2, 0) is 11.4 Å². The van der Waals surface area contributed by atoms with Gasteiger partial charge >= 0.3 is 0 Å². The van der Waals surface area contributed by atoms with Gasteiger partial charge in [-0.15, -0.1) is 0 Å². The van der Waals surface area contributed by atoms with E-state index >= 15 is 0 Å². The van der Waals surface area contributed by atoms with Crippen molar-refractivity contribution in [3.8, 4) is 5.75 Å². The molecule has 3 rings (SSSR count). The van der Waals surface area contributed by atoms with Crippen molar-refractivity contribution in [3.63, 3.8) is 0 Å². The smallest absolute Gasteiger partial charge is 0.152 e. The molecular weight excluding hydrogens is 374 g/mol. The van der Waals surface area contributed by atoms with E-state index in [1.165, 1.54) is 0 Å². The molecule has 0 aliphatic rings. The number of benzene rings is 2. The molecule has 152 valence electrons. The van der Waals surface area contributed by atoms with Crippen LogP contribution in [0.1, 0.15) is 11.1 Å². The number of rotatable bonds is 9. The summed E-state index contributed by atoms with van der Waals surface area (Å²) in [5, 5.41) is 1.05. The third-order valence-electron chi connectivity index (χ3n) is 4.42. The lowest BCUT2D eigenvalue weighted by Crippen LogP contribution is -2.23. The van der Waals surface area contributed by atoms with Crippen LogP contribution >= 0.6 is 0 Å². The molecule has 0 radical (unpaired) electrons. The Balaban J connectivity index is 1.70.